The summed E-state index contributed by atoms with van der Waals surface area (Å²) >= 11 is 0. The zero-order valence-electron chi connectivity index (χ0n) is 11.8. The molecule has 1 aliphatic rings. The van der Waals surface area contributed by atoms with Gasteiger partial charge < -0.3 is 9.88 Å². The molecule has 0 bridgehead atoms. The van der Waals surface area contributed by atoms with Gasteiger partial charge in [-0.15, -0.1) is 0 Å². The van der Waals surface area contributed by atoms with Crippen molar-refractivity contribution >= 4 is 0 Å². The van der Waals surface area contributed by atoms with Crippen LogP contribution in [0.5, 0.6) is 0 Å². The van der Waals surface area contributed by atoms with Crippen molar-refractivity contribution in [2.24, 2.45) is 0 Å². The fourth-order valence-corrected chi connectivity index (χ4v) is 3.35. The smallest absolute Gasteiger partial charge is 0.0220 e. The van der Waals surface area contributed by atoms with E-state index in [1.807, 2.05) is 0 Å². The minimum absolute atomic E-state index is 0.372. The molecule has 17 heavy (non-hydrogen) atoms. The average Bonchev–Trinajstić information content (AvgIpc) is 2.87. The Morgan fingerprint density at radius 2 is 2.12 bits per heavy atom. The van der Waals surface area contributed by atoms with Gasteiger partial charge in [0.2, 0.25) is 0 Å². The molecule has 96 valence electrons. The molecule has 0 radical (unpaired) electrons. The highest BCUT2D eigenvalue weighted by Crippen LogP contribution is 2.29. The van der Waals surface area contributed by atoms with Crippen LogP contribution in [0, 0.1) is 13.8 Å². The first-order valence-corrected chi connectivity index (χ1v) is 7.02. The van der Waals surface area contributed by atoms with Gasteiger partial charge in [-0.2, -0.15) is 0 Å². The number of nitrogens with one attached hydrogen (secondary N) is 1. The van der Waals surface area contributed by atoms with E-state index in [9.17, 15) is 0 Å². The summed E-state index contributed by atoms with van der Waals surface area (Å²) in [6.07, 6.45) is 5.10. The van der Waals surface area contributed by atoms with E-state index in [2.05, 4.69) is 43.6 Å². The molecule has 1 saturated heterocycles. The van der Waals surface area contributed by atoms with Crippen LogP contribution in [0.3, 0.4) is 0 Å². The lowest BCUT2D eigenvalue weighted by molar-refractivity contribution is 0.359. The summed E-state index contributed by atoms with van der Waals surface area (Å²) < 4.78 is 2.42. The predicted molar refractivity (Wildman–Crippen MR) is 73.5 cm³/mol. The van der Waals surface area contributed by atoms with Crippen molar-refractivity contribution in [3.05, 3.63) is 23.0 Å². The summed E-state index contributed by atoms with van der Waals surface area (Å²) in [4.78, 5) is 0. The van der Waals surface area contributed by atoms with Crippen LogP contribution in [0.2, 0.25) is 0 Å². The monoisotopic (exact) mass is 234 g/mol. The molecule has 1 unspecified atom stereocenters. The molecule has 1 aromatic heterocycles. The molecule has 0 amide bonds. The number of hydrogen-bond acceptors (Lipinski definition) is 1. The average molecular weight is 234 g/mol. The molecule has 2 rings (SSSR count). The van der Waals surface area contributed by atoms with Crippen LogP contribution in [0.25, 0.3) is 0 Å². The minimum atomic E-state index is 0.372. The van der Waals surface area contributed by atoms with Gasteiger partial charge in [0.1, 0.15) is 0 Å². The molecule has 0 aromatic carbocycles. The van der Waals surface area contributed by atoms with Gasteiger partial charge in [0, 0.05) is 23.5 Å². The Hall–Kier alpha value is -0.760. The zero-order chi connectivity index (χ0) is 12.5. The first-order valence-electron chi connectivity index (χ1n) is 7.02. The van der Waals surface area contributed by atoms with Gasteiger partial charge >= 0.3 is 0 Å². The van der Waals surface area contributed by atoms with Crippen LogP contribution in [-0.2, 0) is 13.0 Å². The Kier molecular flexibility index (Phi) is 3.62. The van der Waals surface area contributed by atoms with Crippen molar-refractivity contribution in [2.45, 2.75) is 65.5 Å². The molecule has 0 aliphatic carbocycles. The number of hydrogen-bond donors (Lipinski definition) is 1. The number of aryl methyl sites for hydroxylation is 1. The third-order valence-electron chi connectivity index (χ3n) is 4.53. The van der Waals surface area contributed by atoms with Crippen LogP contribution in [0.1, 0.15) is 50.1 Å². The summed E-state index contributed by atoms with van der Waals surface area (Å²) in [5.41, 5.74) is 4.79. The fraction of sp³-hybridized carbons (Fsp3) is 0.733. The van der Waals surface area contributed by atoms with Crippen LogP contribution in [0.4, 0.5) is 0 Å². The molecule has 2 heteroatoms. The van der Waals surface area contributed by atoms with Crippen molar-refractivity contribution in [3.8, 4) is 0 Å². The maximum atomic E-state index is 3.73. The highest BCUT2D eigenvalue weighted by molar-refractivity contribution is 5.29. The second kappa shape index (κ2) is 4.85. The van der Waals surface area contributed by atoms with Crippen molar-refractivity contribution in [2.75, 3.05) is 6.54 Å². The van der Waals surface area contributed by atoms with Gasteiger partial charge in [-0.1, -0.05) is 6.92 Å². The first-order chi connectivity index (χ1) is 8.12. The molecule has 2 heterocycles. The molecule has 1 N–H and O–H groups in total. The van der Waals surface area contributed by atoms with Crippen molar-refractivity contribution in [1.29, 1.82) is 0 Å². The van der Waals surface area contributed by atoms with Crippen molar-refractivity contribution in [3.63, 3.8) is 0 Å². The van der Waals surface area contributed by atoms with Gasteiger partial charge in [0.25, 0.3) is 0 Å². The van der Waals surface area contributed by atoms with Crippen LogP contribution in [-0.4, -0.2) is 16.7 Å². The number of rotatable bonds is 4. The Morgan fingerprint density at radius 1 is 1.35 bits per heavy atom. The van der Waals surface area contributed by atoms with E-state index in [4.69, 9.17) is 0 Å². The van der Waals surface area contributed by atoms with Crippen LogP contribution < -0.4 is 5.32 Å². The summed E-state index contributed by atoms with van der Waals surface area (Å²) in [6, 6.07) is 2.39. The van der Waals surface area contributed by atoms with E-state index in [1.54, 1.807) is 5.56 Å². The largest absolute Gasteiger partial charge is 0.349 e. The molecular formula is C15H26N2. The molecule has 1 aromatic rings. The fourth-order valence-electron chi connectivity index (χ4n) is 3.35. The van der Waals surface area contributed by atoms with Crippen molar-refractivity contribution in [1.82, 2.24) is 9.88 Å². The topological polar surface area (TPSA) is 17.0 Å². The molecule has 1 atom stereocenters. The van der Waals surface area contributed by atoms with Gasteiger partial charge in [-0.3, -0.25) is 0 Å². The molecule has 2 nitrogen and oxygen atoms in total. The van der Waals surface area contributed by atoms with Gasteiger partial charge in [-0.25, -0.2) is 0 Å². The van der Waals surface area contributed by atoms with E-state index < -0.39 is 0 Å². The summed E-state index contributed by atoms with van der Waals surface area (Å²) in [5, 5.41) is 3.73. The van der Waals surface area contributed by atoms with E-state index in [1.165, 1.54) is 43.6 Å². The van der Waals surface area contributed by atoms with Crippen LogP contribution >= 0.6 is 0 Å². The highest BCUT2D eigenvalue weighted by atomic mass is 15.0. The first kappa shape index (κ1) is 12.7. The third kappa shape index (κ3) is 2.28. The van der Waals surface area contributed by atoms with Gasteiger partial charge in [-0.05, 0) is 64.6 Å². The summed E-state index contributed by atoms with van der Waals surface area (Å²) in [7, 11) is 0. The second-order valence-corrected chi connectivity index (χ2v) is 5.48. The van der Waals surface area contributed by atoms with Crippen LogP contribution in [0.15, 0.2) is 6.07 Å². The summed E-state index contributed by atoms with van der Waals surface area (Å²) in [5.74, 6) is 0. The summed E-state index contributed by atoms with van der Waals surface area (Å²) in [6.45, 7) is 11.3. The molecule has 0 saturated carbocycles. The quantitative estimate of drug-likeness (QED) is 0.846. The van der Waals surface area contributed by atoms with Crippen molar-refractivity contribution < 1.29 is 0 Å². The molecule has 1 aliphatic heterocycles. The second-order valence-electron chi connectivity index (χ2n) is 5.48. The lowest BCUT2D eigenvalue weighted by Crippen LogP contribution is -2.41. The Balaban J connectivity index is 2.23. The normalized spacial score (nSPS) is 24.5. The number of aromatic nitrogens is 1. The minimum Gasteiger partial charge on any atom is -0.349 e. The Labute approximate surface area is 105 Å². The van der Waals surface area contributed by atoms with Gasteiger partial charge in [0.05, 0.1) is 0 Å². The molecule has 0 spiro atoms. The maximum Gasteiger partial charge on any atom is 0.0220 e. The Bertz CT molecular complexity index is 384. The van der Waals surface area contributed by atoms with E-state index in [0.717, 1.165) is 6.54 Å². The van der Waals surface area contributed by atoms with E-state index in [0.29, 0.717) is 5.54 Å². The standard InChI is InChI=1S/C15H26N2/c1-5-15(8-7-9-16-15)11-14-10-12(3)17(6-2)13(14)4/h10,16H,5-9,11H2,1-4H3. The number of nitrogens with zero attached hydrogens (tertiary/aromatic N) is 1. The molecular weight excluding hydrogens is 208 g/mol. The Morgan fingerprint density at radius 3 is 2.59 bits per heavy atom. The zero-order valence-corrected chi connectivity index (χ0v) is 11.8. The predicted octanol–water partition coefficient (Wildman–Crippen LogP) is 3.20. The van der Waals surface area contributed by atoms with Gasteiger partial charge in [0.15, 0.2) is 0 Å². The lowest BCUT2D eigenvalue weighted by atomic mass is 9.87. The van der Waals surface area contributed by atoms with E-state index in [-0.39, 0.29) is 0 Å². The SMILES string of the molecule is CCn1c(C)cc(CC2(CC)CCCN2)c1C. The maximum absolute atomic E-state index is 3.73. The highest BCUT2D eigenvalue weighted by Gasteiger charge is 2.32. The third-order valence-corrected chi connectivity index (χ3v) is 4.53. The molecule has 1 fully saturated rings. The van der Waals surface area contributed by atoms with E-state index >= 15 is 0 Å². The lowest BCUT2D eigenvalue weighted by Gasteiger charge is -2.28.